The van der Waals surface area contributed by atoms with E-state index in [4.69, 9.17) is 9.47 Å². The predicted molar refractivity (Wildman–Crippen MR) is 51.2 cm³/mol. The van der Waals surface area contributed by atoms with Crippen LogP contribution in [-0.4, -0.2) is 32.0 Å². The number of carbonyl (C=O) groups is 1. The lowest BCUT2D eigenvalue weighted by Gasteiger charge is -2.04. The van der Waals surface area contributed by atoms with Crippen molar-refractivity contribution in [3.63, 3.8) is 0 Å². The molecule has 1 atom stereocenters. The number of esters is 1. The zero-order valence-corrected chi connectivity index (χ0v) is 8.49. The standard InChI is InChI=1S/C8H15O3P/c1-7(2)8(9)11-4-3-10-5-6-12/h1,3-6,12H2,2H3. The van der Waals surface area contributed by atoms with Crippen molar-refractivity contribution in [3.8, 4) is 0 Å². The lowest BCUT2D eigenvalue weighted by atomic mass is 10.4. The molecule has 0 N–H and O–H groups in total. The molecule has 0 bridgehead atoms. The van der Waals surface area contributed by atoms with Gasteiger partial charge in [0.2, 0.25) is 0 Å². The van der Waals surface area contributed by atoms with E-state index in [-0.39, 0.29) is 5.97 Å². The minimum absolute atomic E-state index is 0.302. The first-order valence-electron chi connectivity index (χ1n) is 3.79. The summed E-state index contributed by atoms with van der Waals surface area (Å²) in [6.45, 7) is 6.50. The first-order chi connectivity index (χ1) is 5.68. The van der Waals surface area contributed by atoms with Gasteiger partial charge in [-0.05, 0) is 13.1 Å². The van der Waals surface area contributed by atoms with Gasteiger partial charge in [0.25, 0.3) is 0 Å². The highest BCUT2D eigenvalue weighted by Crippen LogP contribution is 1.91. The van der Waals surface area contributed by atoms with Crippen LogP contribution >= 0.6 is 9.24 Å². The zero-order chi connectivity index (χ0) is 9.40. The van der Waals surface area contributed by atoms with Gasteiger partial charge in [-0.1, -0.05) is 6.58 Å². The minimum atomic E-state index is -0.357. The van der Waals surface area contributed by atoms with Crippen LogP contribution in [0, 0.1) is 0 Å². The molecule has 0 amide bonds. The molecular formula is C8H15O3P. The van der Waals surface area contributed by atoms with Crippen molar-refractivity contribution >= 4 is 15.2 Å². The molecule has 0 aromatic carbocycles. The normalized spacial score (nSPS) is 9.50. The summed E-state index contributed by atoms with van der Waals surface area (Å²) in [4.78, 5) is 10.8. The fraction of sp³-hybridized carbons (Fsp3) is 0.625. The second kappa shape index (κ2) is 7.26. The Morgan fingerprint density at radius 1 is 1.42 bits per heavy atom. The summed E-state index contributed by atoms with van der Waals surface area (Å²) < 4.78 is 9.86. The Balaban J connectivity index is 3.20. The Hall–Kier alpha value is -0.400. The maximum Gasteiger partial charge on any atom is 0.333 e. The molecule has 0 aliphatic heterocycles. The Labute approximate surface area is 75.3 Å². The highest BCUT2D eigenvalue weighted by molar-refractivity contribution is 7.16. The van der Waals surface area contributed by atoms with Gasteiger partial charge in [0.15, 0.2) is 0 Å². The molecule has 0 aliphatic rings. The second-order valence-electron chi connectivity index (χ2n) is 2.32. The van der Waals surface area contributed by atoms with Crippen molar-refractivity contribution in [2.45, 2.75) is 6.92 Å². The van der Waals surface area contributed by atoms with Crippen LogP contribution in [0.2, 0.25) is 0 Å². The van der Waals surface area contributed by atoms with Crippen LogP contribution in [0.15, 0.2) is 12.2 Å². The van der Waals surface area contributed by atoms with E-state index in [2.05, 4.69) is 15.8 Å². The molecule has 1 unspecified atom stereocenters. The van der Waals surface area contributed by atoms with Gasteiger partial charge in [0, 0.05) is 5.57 Å². The molecule has 0 aliphatic carbocycles. The van der Waals surface area contributed by atoms with Gasteiger partial charge in [-0.2, -0.15) is 0 Å². The summed E-state index contributed by atoms with van der Waals surface area (Å²) in [7, 11) is 2.55. The van der Waals surface area contributed by atoms with Crippen LogP contribution in [0.4, 0.5) is 0 Å². The van der Waals surface area contributed by atoms with E-state index in [0.29, 0.717) is 25.4 Å². The van der Waals surface area contributed by atoms with Gasteiger partial charge in [0.05, 0.1) is 13.2 Å². The number of rotatable bonds is 6. The number of carbonyl (C=O) groups excluding carboxylic acids is 1. The van der Waals surface area contributed by atoms with Crippen LogP contribution in [0.1, 0.15) is 6.92 Å². The molecule has 0 aromatic heterocycles. The van der Waals surface area contributed by atoms with Gasteiger partial charge < -0.3 is 9.47 Å². The van der Waals surface area contributed by atoms with E-state index in [1.165, 1.54) is 0 Å². The smallest absolute Gasteiger partial charge is 0.333 e. The molecule has 0 aromatic rings. The van der Waals surface area contributed by atoms with Crippen LogP contribution in [0.5, 0.6) is 0 Å². The van der Waals surface area contributed by atoms with Crippen molar-refractivity contribution in [1.82, 2.24) is 0 Å². The van der Waals surface area contributed by atoms with E-state index in [1.807, 2.05) is 0 Å². The van der Waals surface area contributed by atoms with Crippen molar-refractivity contribution in [1.29, 1.82) is 0 Å². The lowest BCUT2D eigenvalue weighted by Crippen LogP contribution is -2.11. The Morgan fingerprint density at radius 2 is 2.08 bits per heavy atom. The molecular weight excluding hydrogens is 175 g/mol. The summed E-state index contributed by atoms with van der Waals surface area (Å²) >= 11 is 0. The molecule has 4 heteroatoms. The summed E-state index contributed by atoms with van der Waals surface area (Å²) in [6.07, 6.45) is 0.897. The lowest BCUT2D eigenvalue weighted by molar-refractivity contribution is -0.140. The zero-order valence-electron chi connectivity index (χ0n) is 7.34. The monoisotopic (exact) mass is 190 g/mol. The third-order valence-electron chi connectivity index (χ3n) is 1.07. The van der Waals surface area contributed by atoms with Crippen molar-refractivity contribution < 1.29 is 14.3 Å². The molecule has 0 fully saturated rings. The predicted octanol–water partition coefficient (Wildman–Crippen LogP) is 0.997. The first-order valence-corrected chi connectivity index (χ1v) is 4.60. The molecule has 0 spiro atoms. The Morgan fingerprint density at radius 3 is 2.58 bits per heavy atom. The van der Waals surface area contributed by atoms with Crippen molar-refractivity contribution in [3.05, 3.63) is 12.2 Å². The maximum atomic E-state index is 10.8. The average Bonchev–Trinajstić information content (AvgIpc) is 2.03. The number of hydrogen-bond donors (Lipinski definition) is 0. The minimum Gasteiger partial charge on any atom is -0.460 e. The van der Waals surface area contributed by atoms with Gasteiger partial charge in [-0.25, -0.2) is 4.79 Å². The molecule has 70 valence electrons. The van der Waals surface area contributed by atoms with Gasteiger partial charge in [-0.15, -0.1) is 9.24 Å². The second-order valence-corrected chi connectivity index (χ2v) is 2.89. The van der Waals surface area contributed by atoms with Crippen LogP contribution < -0.4 is 0 Å². The quantitative estimate of drug-likeness (QED) is 0.271. The molecule has 3 nitrogen and oxygen atoms in total. The van der Waals surface area contributed by atoms with Gasteiger partial charge in [0.1, 0.15) is 6.61 Å². The topological polar surface area (TPSA) is 35.5 Å². The highest BCUT2D eigenvalue weighted by Gasteiger charge is 2.01. The van der Waals surface area contributed by atoms with Crippen molar-refractivity contribution in [2.24, 2.45) is 0 Å². The number of ether oxygens (including phenoxy) is 2. The molecule has 0 heterocycles. The fourth-order valence-corrected chi connectivity index (χ4v) is 0.669. The third kappa shape index (κ3) is 6.32. The van der Waals surface area contributed by atoms with E-state index in [1.54, 1.807) is 6.92 Å². The molecule has 0 saturated carbocycles. The van der Waals surface area contributed by atoms with Crippen LogP contribution in [-0.2, 0) is 14.3 Å². The summed E-state index contributed by atoms with van der Waals surface area (Å²) in [6, 6.07) is 0. The van der Waals surface area contributed by atoms with Gasteiger partial charge >= 0.3 is 5.97 Å². The summed E-state index contributed by atoms with van der Waals surface area (Å²) in [5.41, 5.74) is 0.418. The summed E-state index contributed by atoms with van der Waals surface area (Å²) in [5, 5.41) is 0. The highest BCUT2D eigenvalue weighted by atomic mass is 31.0. The molecule has 0 saturated heterocycles. The van der Waals surface area contributed by atoms with E-state index in [0.717, 1.165) is 6.16 Å². The van der Waals surface area contributed by atoms with Crippen LogP contribution in [0.3, 0.4) is 0 Å². The average molecular weight is 190 g/mol. The fourth-order valence-electron chi connectivity index (χ4n) is 0.502. The molecule has 0 rings (SSSR count). The number of hydrogen-bond acceptors (Lipinski definition) is 3. The SMILES string of the molecule is C=C(C)C(=O)OCCOCCP. The largest absolute Gasteiger partial charge is 0.460 e. The molecule has 12 heavy (non-hydrogen) atoms. The summed E-state index contributed by atoms with van der Waals surface area (Å²) in [5.74, 6) is -0.357. The van der Waals surface area contributed by atoms with E-state index >= 15 is 0 Å². The van der Waals surface area contributed by atoms with Gasteiger partial charge in [-0.3, -0.25) is 0 Å². The maximum absolute atomic E-state index is 10.8. The van der Waals surface area contributed by atoms with Crippen LogP contribution in [0.25, 0.3) is 0 Å². The third-order valence-corrected chi connectivity index (χ3v) is 1.31. The van der Waals surface area contributed by atoms with E-state index < -0.39 is 0 Å². The van der Waals surface area contributed by atoms with Crippen molar-refractivity contribution in [2.75, 3.05) is 26.0 Å². The Bertz CT molecular complexity index is 156. The first kappa shape index (κ1) is 11.6. The molecule has 0 radical (unpaired) electrons. The van der Waals surface area contributed by atoms with E-state index in [9.17, 15) is 4.79 Å². The Kier molecular flexibility index (Phi) is 7.02.